The Balaban J connectivity index is 1.70. The van der Waals surface area contributed by atoms with E-state index in [-0.39, 0.29) is 0 Å². The predicted molar refractivity (Wildman–Crippen MR) is 144 cm³/mol. The number of nitrogens with zero attached hydrogens (tertiary/aromatic N) is 4. The highest BCUT2D eigenvalue weighted by molar-refractivity contribution is 7.98. The Bertz CT molecular complexity index is 1240. The minimum atomic E-state index is -0.561. The number of hydrogen-bond donors (Lipinski definition) is 2. The second kappa shape index (κ2) is 10.9. The van der Waals surface area contributed by atoms with Crippen LogP contribution in [0.5, 0.6) is 0 Å². The Morgan fingerprint density at radius 2 is 2.03 bits per heavy atom. The molecule has 36 heavy (non-hydrogen) atoms. The summed E-state index contributed by atoms with van der Waals surface area (Å²) in [4.78, 5) is 31.2. The van der Waals surface area contributed by atoms with Gasteiger partial charge in [0.05, 0.1) is 27.4 Å². The van der Waals surface area contributed by atoms with Crippen LogP contribution in [0.25, 0.3) is 22.3 Å². The first kappa shape index (κ1) is 25.3. The Hall–Kier alpha value is -2.36. The number of rotatable bonds is 8. The molecule has 1 aliphatic carbocycles. The van der Waals surface area contributed by atoms with Gasteiger partial charge in [0.15, 0.2) is 6.17 Å². The molecule has 3 aromatic heterocycles. The van der Waals surface area contributed by atoms with Gasteiger partial charge in [-0.05, 0) is 49.5 Å². The number of fused-ring (bicyclic) bond motifs is 1. The van der Waals surface area contributed by atoms with Crippen molar-refractivity contribution in [3.8, 4) is 11.3 Å². The summed E-state index contributed by atoms with van der Waals surface area (Å²) in [5.74, 6) is 3.85. The molecule has 1 saturated carbocycles. The third-order valence-electron chi connectivity index (χ3n) is 7.38. The molecule has 1 saturated heterocycles. The monoisotopic (exact) mass is 528 g/mol. The zero-order valence-electron chi connectivity index (χ0n) is 21.0. The van der Waals surface area contributed by atoms with E-state index in [0.717, 1.165) is 52.8 Å². The summed E-state index contributed by atoms with van der Waals surface area (Å²) in [5, 5.41) is 3.30. The third-order valence-corrected chi connectivity index (χ3v) is 8.32. The molecule has 2 unspecified atom stereocenters. The fraction of sp³-hybridized carbons (Fsp3) is 0.538. The molecule has 4 heterocycles. The van der Waals surface area contributed by atoms with Crippen LogP contribution in [0, 0.1) is 11.8 Å². The summed E-state index contributed by atoms with van der Waals surface area (Å²) < 4.78 is 2.42. The normalized spacial score (nSPS) is 23.0. The molecule has 0 radical (unpaired) electrons. The lowest BCUT2D eigenvalue weighted by Gasteiger charge is -2.28. The largest absolute Gasteiger partial charge is 0.427 e. The van der Waals surface area contributed by atoms with Crippen LogP contribution in [-0.4, -0.2) is 37.6 Å². The Labute approximate surface area is 220 Å². The second-order valence-corrected chi connectivity index (χ2v) is 11.4. The van der Waals surface area contributed by atoms with E-state index in [1.165, 1.54) is 25.7 Å². The first-order valence-corrected chi connectivity index (χ1v) is 14.5. The topological polar surface area (TPSA) is 94.0 Å². The van der Waals surface area contributed by atoms with Gasteiger partial charge in [-0.15, -0.1) is 5.48 Å². The number of hydrogen-bond acceptors (Lipinski definition) is 7. The molecule has 192 valence electrons. The van der Waals surface area contributed by atoms with Gasteiger partial charge in [0.25, 0.3) is 0 Å². The number of hydroxylamine groups is 1. The van der Waals surface area contributed by atoms with Gasteiger partial charge in [0.2, 0.25) is 0 Å². The zero-order chi connectivity index (χ0) is 25.2. The summed E-state index contributed by atoms with van der Waals surface area (Å²) in [5.41, 5.74) is 6.80. The number of amides is 1. The number of carbonyl (C=O) groups excluding carboxylic acids is 1. The number of thioether (sulfide) groups is 1. The zero-order valence-corrected chi connectivity index (χ0v) is 22.5. The Kier molecular flexibility index (Phi) is 7.69. The maximum atomic E-state index is 11.7. The molecule has 2 N–H and O–H groups in total. The van der Waals surface area contributed by atoms with Crippen molar-refractivity contribution in [3.63, 3.8) is 0 Å². The fourth-order valence-corrected chi connectivity index (χ4v) is 6.31. The number of aromatic nitrogens is 4. The molecule has 5 rings (SSSR count). The average molecular weight is 529 g/mol. The molecule has 10 heteroatoms. The Morgan fingerprint density at radius 3 is 2.69 bits per heavy atom. The van der Waals surface area contributed by atoms with Crippen molar-refractivity contribution in [3.05, 3.63) is 41.1 Å². The van der Waals surface area contributed by atoms with Crippen molar-refractivity contribution in [2.24, 2.45) is 11.8 Å². The minimum Gasteiger partial charge on any atom is -0.351 e. The molecule has 2 fully saturated rings. The van der Waals surface area contributed by atoms with E-state index < -0.39 is 12.3 Å². The summed E-state index contributed by atoms with van der Waals surface area (Å²) >= 11 is 8.21. The van der Waals surface area contributed by atoms with Crippen molar-refractivity contribution in [2.75, 3.05) is 12.0 Å². The van der Waals surface area contributed by atoms with Crippen LogP contribution in [0.4, 0.5) is 4.79 Å². The van der Waals surface area contributed by atoms with Gasteiger partial charge in [-0.1, -0.05) is 38.3 Å². The third kappa shape index (κ3) is 5.19. The lowest BCUT2D eigenvalue weighted by molar-refractivity contribution is 0.121. The lowest BCUT2D eigenvalue weighted by atomic mass is 9.83. The second-order valence-electron chi connectivity index (χ2n) is 10.0. The summed E-state index contributed by atoms with van der Waals surface area (Å²) in [7, 11) is 0. The molecule has 0 bridgehead atoms. The summed E-state index contributed by atoms with van der Waals surface area (Å²) in [6.07, 6.45) is 10.5. The van der Waals surface area contributed by atoms with Gasteiger partial charge < -0.3 is 9.40 Å². The van der Waals surface area contributed by atoms with Gasteiger partial charge in [-0.25, -0.2) is 14.8 Å². The maximum absolute atomic E-state index is 11.7. The van der Waals surface area contributed by atoms with Gasteiger partial charge in [-0.3, -0.25) is 10.3 Å². The average Bonchev–Trinajstić information content (AvgIpc) is 3.47. The first-order chi connectivity index (χ1) is 17.5. The van der Waals surface area contributed by atoms with E-state index in [9.17, 15) is 4.79 Å². The molecule has 1 aliphatic heterocycles. The molecule has 8 nitrogen and oxygen atoms in total. The number of halogens is 1. The van der Waals surface area contributed by atoms with E-state index in [2.05, 4.69) is 40.5 Å². The van der Waals surface area contributed by atoms with E-state index >= 15 is 0 Å². The van der Waals surface area contributed by atoms with Crippen molar-refractivity contribution in [1.82, 2.24) is 30.3 Å². The Morgan fingerprint density at radius 1 is 1.22 bits per heavy atom. The lowest BCUT2D eigenvalue weighted by Crippen LogP contribution is -2.23. The molecule has 0 spiro atoms. The smallest absolute Gasteiger partial charge is 0.351 e. The minimum absolute atomic E-state index is 0.330. The highest BCUT2D eigenvalue weighted by Crippen LogP contribution is 2.37. The number of pyridine rings is 2. The first-order valence-electron chi connectivity index (χ1n) is 12.7. The quantitative estimate of drug-likeness (QED) is 0.366. The fourth-order valence-electron chi connectivity index (χ4n) is 5.35. The highest BCUT2D eigenvalue weighted by atomic mass is 35.5. The van der Waals surface area contributed by atoms with Crippen molar-refractivity contribution >= 4 is 40.5 Å². The van der Waals surface area contributed by atoms with E-state index in [4.69, 9.17) is 26.4 Å². The molecule has 3 aromatic rings. The van der Waals surface area contributed by atoms with Crippen molar-refractivity contribution in [2.45, 2.75) is 64.6 Å². The highest BCUT2D eigenvalue weighted by Gasteiger charge is 2.30. The summed E-state index contributed by atoms with van der Waals surface area (Å²) in [6.45, 7) is 5.51. The SMILES string of the molecule is CCC(CSC)c1nc2cc(C3NOC(=O)N3)nc(-c3cncc(Cl)c3)c2n1CC1CCC(C)CC1. The predicted octanol–water partition coefficient (Wildman–Crippen LogP) is 6.07. The van der Waals surface area contributed by atoms with Crippen LogP contribution in [0.1, 0.15) is 69.6 Å². The van der Waals surface area contributed by atoms with Crippen molar-refractivity contribution < 1.29 is 9.63 Å². The van der Waals surface area contributed by atoms with Crippen LogP contribution < -0.4 is 10.8 Å². The van der Waals surface area contributed by atoms with E-state index in [0.29, 0.717) is 22.6 Å². The summed E-state index contributed by atoms with van der Waals surface area (Å²) in [6, 6.07) is 3.84. The van der Waals surface area contributed by atoms with Crippen LogP contribution in [0.2, 0.25) is 5.02 Å². The van der Waals surface area contributed by atoms with Crippen LogP contribution >= 0.6 is 23.4 Å². The molecule has 1 amide bonds. The molecule has 2 aliphatic rings. The molecule has 0 aromatic carbocycles. The van der Waals surface area contributed by atoms with Gasteiger partial charge in [-0.2, -0.15) is 11.8 Å². The molecular weight excluding hydrogens is 496 g/mol. The van der Waals surface area contributed by atoms with Gasteiger partial charge in [0, 0.05) is 36.2 Å². The number of nitrogens with one attached hydrogen (secondary N) is 2. The van der Waals surface area contributed by atoms with Gasteiger partial charge >= 0.3 is 6.09 Å². The van der Waals surface area contributed by atoms with Crippen molar-refractivity contribution in [1.29, 1.82) is 0 Å². The van der Waals surface area contributed by atoms with Crippen LogP contribution in [0.3, 0.4) is 0 Å². The number of carbonyl (C=O) groups is 1. The van der Waals surface area contributed by atoms with Gasteiger partial charge in [0.1, 0.15) is 5.82 Å². The maximum Gasteiger partial charge on any atom is 0.427 e. The number of imidazole rings is 1. The van der Waals surface area contributed by atoms with Crippen LogP contribution in [-0.2, 0) is 11.4 Å². The molecule has 2 atom stereocenters. The standard InChI is InChI=1S/C26H33ClN6O2S/c1-4-17(14-36-3)25-30-20-10-21(24-31-26(34)35-32-24)29-22(18-9-19(27)12-28-11-18)23(20)33(25)13-16-7-5-15(2)6-8-16/h9-12,15-17,24,32H,4-8,13-14H2,1-3H3,(H,31,34). The van der Waals surface area contributed by atoms with E-state index in [1.54, 1.807) is 12.4 Å². The molecular formula is C26H33ClN6O2S. The van der Waals surface area contributed by atoms with Crippen LogP contribution in [0.15, 0.2) is 24.5 Å². The van der Waals surface area contributed by atoms with E-state index in [1.807, 2.05) is 23.9 Å².